The minimum atomic E-state index is -1.24. The maximum atomic E-state index is 10.7. The molecule has 20 heavy (non-hydrogen) atoms. The van der Waals surface area contributed by atoms with E-state index in [0.717, 1.165) is 6.26 Å². The van der Waals surface area contributed by atoms with Crippen LogP contribution in [0.25, 0.3) is 11.0 Å². The number of nitrogens with zero attached hydrogens (tertiary/aromatic N) is 2. The second-order valence-corrected chi connectivity index (χ2v) is 3.77. The van der Waals surface area contributed by atoms with Gasteiger partial charge in [-0.3, -0.25) is 0 Å². The Bertz CT molecular complexity index is 840. The number of para-hydroxylation sites is 1. The predicted molar refractivity (Wildman–Crippen MR) is 64.5 cm³/mol. The molecule has 7 nitrogen and oxygen atoms in total. The third kappa shape index (κ3) is 1.85. The molecule has 0 atom stereocenters. The number of carboxylic acids is 1. The predicted octanol–water partition coefficient (Wildman–Crippen LogP) is 2.78. The molecule has 0 aliphatic rings. The van der Waals surface area contributed by atoms with E-state index in [2.05, 4.69) is 4.98 Å². The summed E-state index contributed by atoms with van der Waals surface area (Å²) in [6, 6.07) is 8.75. The van der Waals surface area contributed by atoms with Crippen molar-refractivity contribution in [2.45, 2.75) is 0 Å². The molecule has 2 heterocycles. The van der Waals surface area contributed by atoms with Crippen molar-refractivity contribution in [2.75, 3.05) is 0 Å². The van der Waals surface area contributed by atoms with Crippen LogP contribution in [0, 0.1) is 11.3 Å². The minimum Gasteiger partial charge on any atom is -0.476 e. The Hall–Kier alpha value is -3.27. The summed E-state index contributed by atoms with van der Waals surface area (Å²) in [5.41, 5.74) is 0.190. The highest BCUT2D eigenvalue weighted by Gasteiger charge is 2.19. The van der Waals surface area contributed by atoms with E-state index in [1.165, 1.54) is 0 Å². The summed E-state index contributed by atoms with van der Waals surface area (Å²) in [4.78, 5) is 14.3. The maximum absolute atomic E-state index is 10.7. The number of carboxylic acid groups (broad SMARTS) is 1. The van der Waals surface area contributed by atoms with Gasteiger partial charge in [0.15, 0.2) is 11.4 Å². The topological polar surface area (TPSA) is 109 Å². The standard InChI is InChI=1S/C13H6N2O5/c14-5-10-11(7-3-1-2-4-9(7)19-10)20-13-15-8(6-18-13)12(16)17/h1-4,6H,(H,16,17). The lowest BCUT2D eigenvalue weighted by molar-refractivity contribution is 0.0690. The number of fused-ring (bicyclic) bond motifs is 1. The highest BCUT2D eigenvalue weighted by molar-refractivity contribution is 5.87. The average molecular weight is 270 g/mol. The van der Waals surface area contributed by atoms with Crippen LogP contribution in [0.5, 0.6) is 11.8 Å². The molecule has 0 amide bonds. The molecule has 0 spiro atoms. The molecule has 1 N–H and O–H groups in total. The van der Waals surface area contributed by atoms with E-state index in [1.807, 2.05) is 6.07 Å². The molecule has 7 heteroatoms. The molecular formula is C13H6N2O5. The second-order valence-electron chi connectivity index (χ2n) is 3.77. The first-order valence-electron chi connectivity index (χ1n) is 5.47. The molecule has 1 aromatic carbocycles. The highest BCUT2D eigenvalue weighted by Crippen LogP contribution is 2.35. The van der Waals surface area contributed by atoms with Crippen molar-refractivity contribution in [2.24, 2.45) is 0 Å². The van der Waals surface area contributed by atoms with Crippen LogP contribution < -0.4 is 4.74 Å². The zero-order valence-corrected chi connectivity index (χ0v) is 9.86. The van der Waals surface area contributed by atoms with Gasteiger partial charge in [0.25, 0.3) is 0 Å². The van der Waals surface area contributed by atoms with Crippen LogP contribution in [0.3, 0.4) is 0 Å². The van der Waals surface area contributed by atoms with E-state index in [1.54, 1.807) is 24.3 Å². The zero-order chi connectivity index (χ0) is 14.1. The van der Waals surface area contributed by atoms with E-state index < -0.39 is 5.97 Å². The average Bonchev–Trinajstić information content (AvgIpc) is 3.04. The van der Waals surface area contributed by atoms with E-state index in [4.69, 9.17) is 23.9 Å². The van der Waals surface area contributed by atoms with Crippen LogP contribution in [0.15, 0.2) is 39.4 Å². The molecular weight excluding hydrogens is 264 g/mol. The van der Waals surface area contributed by atoms with Crippen LogP contribution in [-0.2, 0) is 0 Å². The molecule has 0 fully saturated rings. The second kappa shape index (κ2) is 4.44. The number of hydrogen-bond donors (Lipinski definition) is 1. The smallest absolute Gasteiger partial charge is 0.400 e. The summed E-state index contributed by atoms with van der Waals surface area (Å²) in [6.45, 7) is 0. The summed E-state index contributed by atoms with van der Waals surface area (Å²) in [6.07, 6.45) is 0.678. The van der Waals surface area contributed by atoms with Gasteiger partial charge in [0.1, 0.15) is 17.9 Å². The largest absolute Gasteiger partial charge is 0.476 e. The van der Waals surface area contributed by atoms with E-state index in [0.29, 0.717) is 11.0 Å². The monoisotopic (exact) mass is 270 g/mol. The summed E-state index contributed by atoms with van der Waals surface area (Å²) in [7, 11) is 0. The first-order valence-corrected chi connectivity index (χ1v) is 5.47. The van der Waals surface area contributed by atoms with Crippen molar-refractivity contribution in [1.82, 2.24) is 4.98 Å². The molecule has 3 rings (SSSR count). The Balaban J connectivity index is 2.05. The number of furan rings is 1. The van der Waals surface area contributed by atoms with Gasteiger partial charge in [-0.2, -0.15) is 10.2 Å². The van der Waals surface area contributed by atoms with Gasteiger partial charge >= 0.3 is 12.0 Å². The number of ether oxygens (including phenoxy) is 1. The fourth-order valence-electron chi connectivity index (χ4n) is 1.69. The van der Waals surface area contributed by atoms with Gasteiger partial charge in [0, 0.05) is 0 Å². The Morgan fingerprint density at radius 2 is 2.20 bits per heavy atom. The van der Waals surface area contributed by atoms with Crippen molar-refractivity contribution in [3.05, 3.63) is 42.0 Å². The molecule has 98 valence electrons. The lowest BCUT2D eigenvalue weighted by Gasteiger charge is -1.97. The van der Waals surface area contributed by atoms with Gasteiger partial charge in [-0.15, -0.1) is 0 Å². The number of nitriles is 1. The third-order valence-corrected chi connectivity index (χ3v) is 2.54. The molecule has 0 unspecified atom stereocenters. The van der Waals surface area contributed by atoms with Crippen molar-refractivity contribution >= 4 is 16.9 Å². The fourth-order valence-corrected chi connectivity index (χ4v) is 1.69. The van der Waals surface area contributed by atoms with Gasteiger partial charge < -0.3 is 18.7 Å². The molecule has 0 aliphatic carbocycles. The molecule has 0 bridgehead atoms. The maximum Gasteiger partial charge on any atom is 0.400 e. The van der Waals surface area contributed by atoms with Crippen LogP contribution >= 0.6 is 0 Å². The van der Waals surface area contributed by atoms with E-state index in [9.17, 15) is 4.79 Å². The highest BCUT2D eigenvalue weighted by atomic mass is 16.6. The van der Waals surface area contributed by atoms with Gasteiger partial charge in [-0.05, 0) is 12.1 Å². The minimum absolute atomic E-state index is 0.0405. The number of aromatic nitrogens is 1. The van der Waals surface area contributed by atoms with Crippen molar-refractivity contribution in [3.8, 4) is 17.9 Å². The normalized spacial score (nSPS) is 10.3. The van der Waals surface area contributed by atoms with Crippen LogP contribution in [0.2, 0.25) is 0 Å². The van der Waals surface area contributed by atoms with E-state index in [-0.39, 0.29) is 23.3 Å². The number of oxazole rings is 1. The molecule has 0 aliphatic heterocycles. The fraction of sp³-hybridized carbons (Fsp3) is 0. The lowest BCUT2D eigenvalue weighted by atomic mass is 10.2. The van der Waals surface area contributed by atoms with Crippen molar-refractivity contribution in [1.29, 1.82) is 5.26 Å². The Morgan fingerprint density at radius 3 is 2.90 bits per heavy atom. The number of aromatic carboxylic acids is 1. The Morgan fingerprint density at radius 1 is 1.40 bits per heavy atom. The number of hydrogen-bond acceptors (Lipinski definition) is 6. The SMILES string of the molecule is N#Cc1oc2ccccc2c1Oc1nc(C(=O)O)co1. The Kier molecular flexibility index (Phi) is 2.62. The number of carbonyl (C=O) groups is 1. The lowest BCUT2D eigenvalue weighted by Crippen LogP contribution is -1.95. The van der Waals surface area contributed by atoms with Crippen molar-refractivity contribution in [3.63, 3.8) is 0 Å². The molecule has 0 saturated heterocycles. The summed E-state index contributed by atoms with van der Waals surface area (Å²) >= 11 is 0. The first kappa shape index (κ1) is 11.8. The van der Waals surface area contributed by atoms with Crippen molar-refractivity contribution < 1.29 is 23.5 Å². The van der Waals surface area contributed by atoms with Crippen LogP contribution in [0.4, 0.5) is 0 Å². The first-order chi connectivity index (χ1) is 9.69. The number of rotatable bonds is 3. The molecule has 2 aromatic heterocycles. The van der Waals surface area contributed by atoms with Gasteiger partial charge in [-0.25, -0.2) is 4.79 Å². The van der Waals surface area contributed by atoms with E-state index >= 15 is 0 Å². The quantitative estimate of drug-likeness (QED) is 0.778. The summed E-state index contributed by atoms with van der Waals surface area (Å²) < 4.78 is 15.5. The Labute approximate surface area is 111 Å². The zero-order valence-electron chi connectivity index (χ0n) is 9.86. The molecule has 0 saturated carbocycles. The molecule has 0 radical (unpaired) electrons. The summed E-state index contributed by atoms with van der Waals surface area (Å²) in [5, 5.41) is 18.3. The summed E-state index contributed by atoms with van der Waals surface area (Å²) in [5.74, 6) is -1.13. The van der Waals surface area contributed by atoms with Crippen LogP contribution in [-0.4, -0.2) is 16.1 Å². The number of benzene rings is 1. The van der Waals surface area contributed by atoms with Gasteiger partial charge in [0.2, 0.25) is 5.76 Å². The van der Waals surface area contributed by atoms with Gasteiger partial charge in [0.05, 0.1) is 5.39 Å². The molecule has 3 aromatic rings. The van der Waals surface area contributed by atoms with Crippen LogP contribution in [0.1, 0.15) is 16.2 Å². The third-order valence-electron chi connectivity index (χ3n) is 2.54. The van der Waals surface area contributed by atoms with Gasteiger partial charge in [-0.1, -0.05) is 12.1 Å².